The molecule has 0 aromatic heterocycles. The van der Waals surface area contributed by atoms with E-state index in [4.69, 9.17) is 21.3 Å². The van der Waals surface area contributed by atoms with Gasteiger partial charge in [-0.1, -0.05) is 35.9 Å². The van der Waals surface area contributed by atoms with Gasteiger partial charge >= 0.3 is 0 Å². The lowest BCUT2D eigenvalue weighted by Gasteiger charge is -2.34. The Morgan fingerprint density at radius 3 is 2.70 bits per heavy atom. The lowest BCUT2D eigenvalue weighted by molar-refractivity contribution is -0.118. The second-order valence-electron chi connectivity index (χ2n) is 6.10. The molecule has 5 nitrogen and oxygen atoms in total. The molecule has 3 rings (SSSR count). The first kappa shape index (κ1) is 19.7. The monoisotopic (exact) mass is 403 g/mol. The minimum atomic E-state index is -0.0211. The molecule has 0 radical (unpaired) electrons. The van der Waals surface area contributed by atoms with E-state index in [1.807, 2.05) is 48.7 Å². The maximum Gasteiger partial charge on any atom is 0.241 e. The van der Waals surface area contributed by atoms with Crippen LogP contribution in [0.4, 0.5) is 5.69 Å². The third-order valence-electron chi connectivity index (χ3n) is 4.39. The van der Waals surface area contributed by atoms with Gasteiger partial charge in [0.15, 0.2) is 0 Å². The summed E-state index contributed by atoms with van der Waals surface area (Å²) in [6.07, 6.45) is 2.00. The summed E-state index contributed by atoms with van der Waals surface area (Å²) in [5.41, 5.74) is 1.85. The van der Waals surface area contributed by atoms with Crippen LogP contribution in [0.3, 0.4) is 0 Å². The lowest BCUT2D eigenvalue weighted by atomic mass is 10.1. The molecule has 1 atom stereocenters. The Morgan fingerprint density at radius 1 is 1.30 bits per heavy atom. The highest BCUT2D eigenvalue weighted by atomic mass is 35.5. The molecule has 1 aliphatic heterocycles. The Kier molecular flexibility index (Phi) is 6.77. The number of rotatable bonds is 5. The van der Waals surface area contributed by atoms with E-state index >= 15 is 0 Å². The van der Waals surface area contributed by atoms with Gasteiger partial charge in [-0.05, 0) is 36.1 Å². The average molecular weight is 404 g/mol. The fraction of sp³-hybridized carbons (Fsp3) is 0.300. The molecule has 1 N–H and O–H groups in total. The number of piperazine rings is 1. The predicted octanol–water partition coefficient (Wildman–Crippen LogP) is 3.62. The van der Waals surface area contributed by atoms with Crippen LogP contribution in [-0.2, 0) is 11.3 Å². The Balaban J connectivity index is 1.74. The highest BCUT2D eigenvalue weighted by Crippen LogP contribution is 2.27. The summed E-state index contributed by atoms with van der Waals surface area (Å²) < 4.78 is 5.19. The molecule has 0 bridgehead atoms. The van der Waals surface area contributed by atoms with Crippen molar-refractivity contribution in [3.8, 4) is 5.75 Å². The van der Waals surface area contributed by atoms with E-state index in [9.17, 15) is 4.79 Å². The normalized spacial score (nSPS) is 17.9. The number of hydrogen-bond acceptors (Lipinski definition) is 5. The number of aliphatic imine (C=N–C) groups is 1. The number of ether oxygens (including phenoxy) is 1. The van der Waals surface area contributed by atoms with Crippen LogP contribution in [0, 0.1) is 0 Å². The molecule has 0 saturated carbocycles. The van der Waals surface area contributed by atoms with Crippen LogP contribution in [0.25, 0.3) is 0 Å². The Bertz CT molecular complexity index is 826. The number of anilines is 1. The molecule has 2 aromatic carbocycles. The maximum absolute atomic E-state index is 12.4. The number of halogens is 1. The van der Waals surface area contributed by atoms with Gasteiger partial charge in [-0.15, -0.1) is 11.8 Å². The van der Waals surface area contributed by atoms with Gasteiger partial charge in [-0.3, -0.25) is 15.1 Å². The van der Waals surface area contributed by atoms with Crippen LogP contribution in [0.5, 0.6) is 5.75 Å². The van der Waals surface area contributed by atoms with Crippen molar-refractivity contribution in [3.63, 3.8) is 0 Å². The highest BCUT2D eigenvalue weighted by Gasteiger charge is 2.30. The number of amides is 1. The van der Waals surface area contributed by atoms with E-state index in [2.05, 4.69) is 5.32 Å². The van der Waals surface area contributed by atoms with E-state index < -0.39 is 0 Å². The molecule has 0 aliphatic carbocycles. The molecule has 27 heavy (non-hydrogen) atoms. The van der Waals surface area contributed by atoms with Gasteiger partial charge < -0.3 is 9.64 Å². The van der Waals surface area contributed by atoms with Gasteiger partial charge in [-0.25, -0.2) is 0 Å². The summed E-state index contributed by atoms with van der Waals surface area (Å²) in [7, 11) is 1.65. The van der Waals surface area contributed by atoms with Gasteiger partial charge in [0.05, 0.1) is 42.0 Å². The van der Waals surface area contributed by atoms with Crippen molar-refractivity contribution >= 4 is 40.0 Å². The van der Waals surface area contributed by atoms with Gasteiger partial charge in [0.25, 0.3) is 0 Å². The van der Waals surface area contributed by atoms with Gasteiger partial charge in [-0.2, -0.15) is 0 Å². The van der Waals surface area contributed by atoms with E-state index in [0.717, 1.165) is 22.0 Å². The average Bonchev–Trinajstić information content (AvgIpc) is 2.70. The van der Waals surface area contributed by atoms with E-state index in [-0.39, 0.29) is 18.5 Å². The predicted molar refractivity (Wildman–Crippen MR) is 113 cm³/mol. The summed E-state index contributed by atoms with van der Waals surface area (Å²) in [5.74, 6) is 0.839. The van der Waals surface area contributed by atoms with Gasteiger partial charge in [0.1, 0.15) is 5.75 Å². The molecule has 1 fully saturated rings. The first-order valence-corrected chi connectivity index (χ1v) is 10.2. The number of thioether (sulfide) groups is 1. The van der Waals surface area contributed by atoms with Crippen LogP contribution < -0.4 is 15.0 Å². The van der Waals surface area contributed by atoms with Gasteiger partial charge in [0, 0.05) is 6.54 Å². The topological polar surface area (TPSA) is 53.9 Å². The molecule has 1 unspecified atom stereocenters. The van der Waals surface area contributed by atoms with Crippen molar-refractivity contribution in [1.29, 1.82) is 0 Å². The molecule has 0 spiro atoms. The largest absolute Gasteiger partial charge is 0.497 e. The van der Waals surface area contributed by atoms with Crippen molar-refractivity contribution in [3.05, 3.63) is 59.1 Å². The smallest absolute Gasteiger partial charge is 0.241 e. The molecule has 7 heteroatoms. The minimum Gasteiger partial charge on any atom is -0.497 e. The van der Waals surface area contributed by atoms with E-state index in [0.29, 0.717) is 18.1 Å². The van der Waals surface area contributed by atoms with Crippen molar-refractivity contribution in [2.75, 3.05) is 31.4 Å². The van der Waals surface area contributed by atoms with Gasteiger partial charge in [0.2, 0.25) is 5.91 Å². The van der Waals surface area contributed by atoms with Crippen LogP contribution in [0.2, 0.25) is 5.02 Å². The molecule has 142 valence electrons. The van der Waals surface area contributed by atoms with Crippen molar-refractivity contribution in [2.24, 2.45) is 4.99 Å². The van der Waals surface area contributed by atoms with Crippen molar-refractivity contribution < 1.29 is 9.53 Å². The number of carbonyl (C=O) groups is 1. The third kappa shape index (κ3) is 4.83. The molecule has 1 amide bonds. The number of carbonyl (C=O) groups excluding carboxylic acids is 1. The molecule has 1 saturated heterocycles. The fourth-order valence-corrected chi connectivity index (χ4v) is 3.81. The van der Waals surface area contributed by atoms with Crippen LogP contribution in [0.15, 0.2) is 53.5 Å². The fourth-order valence-electron chi connectivity index (χ4n) is 2.94. The third-order valence-corrected chi connectivity index (χ3v) is 5.54. The zero-order chi connectivity index (χ0) is 19.2. The highest BCUT2D eigenvalue weighted by molar-refractivity contribution is 8.13. The van der Waals surface area contributed by atoms with E-state index in [1.165, 1.54) is 0 Å². The second kappa shape index (κ2) is 9.26. The number of nitrogens with zero attached hydrogens (tertiary/aromatic N) is 2. The summed E-state index contributed by atoms with van der Waals surface area (Å²) in [4.78, 5) is 18.9. The molecular weight excluding hydrogens is 382 g/mol. The SMILES string of the molecule is COc1ccc(CN=C(SC)C2CN(c3ccccc3Cl)C(=O)CN2)cc1. The van der Waals surface area contributed by atoms with Crippen LogP contribution >= 0.6 is 23.4 Å². The second-order valence-corrected chi connectivity index (χ2v) is 7.33. The summed E-state index contributed by atoms with van der Waals surface area (Å²) in [6, 6.07) is 15.3. The van der Waals surface area contributed by atoms with Crippen LogP contribution in [-0.4, -0.2) is 43.4 Å². The zero-order valence-electron chi connectivity index (χ0n) is 15.3. The Morgan fingerprint density at radius 2 is 2.04 bits per heavy atom. The lowest BCUT2D eigenvalue weighted by Crippen LogP contribution is -2.56. The maximum atomic E-state index is 12.4. The first-order valence-electron chi connectivity index (χ1n) is 8.62. The zero-order valence-corrected chi connectivity index (χ0v) is 16.9. The number of benzene rings is 2. The summed E-state index contributed by atoms with van der Waals surface area (Å²) in [6.45, 7) is 1.35. The number of para-hydroxylation sites is 1. The number of hydrogen-bond donors (Lipinski definition) is 1. The van der Waals surface area contributed by atoms with Crippen LogP contribution in [0.1, 0.15) is 5.56 Å². The Labute approximate surface area is 168 Å². The number of methoxy groups -OCH3 is 1. The standard InChI is InChI=1S/C20H22ClN3O2S/c1-26-15-9-7-14(8-10-15)11-23-20(27-2)17-13-24(19(25)12-22-17)18-6-4-3-5-16(18)21/h3-10,17,22H,11-13H2,1-2H3. The van der Waals surface area contributed by atoms with Crippen molar-refractivity contribution in [1.82, 2.24) is 5.32 Å². The Hall–Kier alpha value is -2.02. The molecule has 2 aromatic rings. The first-order chi connectivity index (χ1) is 13.1. The molecular formula is C20H22ClN3O2S. The van der Waals surface area contributed by atoms with Crippen molar-refractivity contribution in [2.45, 2.75) is 12.6 Å². The minimum absolute atomic E-state index is 0.00922. The van der Waals surface area contributed by atoms with E-state index in [1.54, 1.807) is 29.8 Å². The number of nitrogens with one attached hydrogen (secondary N) is 1. The summed E-state index contributed by atoms with van der Waals surface area (Å²) >= 11 is 7.89. The molecule has 1 heterocycles. The quantitative estimate of drug-likeness (QED) is 0.612. The summed E-state index contributed by atoms with van der Waals surface area (Å²) in [5, 5.41) is 4.83. The molecule has 1 aliphatic rings.